The van der Waals surface area contributed by atoms with Gasteiger partial charge in [-0.3, -0.25) is 0 Å². The molecule has 0 radical (unpaired) electrons. The number of nitrogens with zero attached hydrogens (tertiary/aromatic N) is 2. The molecular weight excluding hydrogens is 252 g/mol. The van der Waals surface area contributed by atoms with Crippen molar-refractivity contribution in [3.05, 3.63) is 23.0 Å². The highest BCUT2D eigenvalue weighted by Gasteiger charge is 2.35. The Labute approximate surface area is 107 Å². The van der Waals surface area contributed by atoms with Crippen LogP contribution in [0.3, 0.4) is 0 Å². The molecule has 0 N–H and O–H groups in total. The molecule has 0 amide bonds. The van der Waals surface area contributed by atoms with Gasteiger partial charge in [0.05, 0.1) is 5.25 Å². The van der Waals surface area contributed by atoms with Gasteiger partial charge in [0.2, 0.25) is 9.84 Å². The average Bonchev–Trinajstić information content (AvgIpc) is 2.39. The Bertz CT molecular complexity index is 522. The number of aryl methyl sites for hydroxylation is 1. The van der Waals surface area contributed by atoms with Crippen LogP contribution >= 0.6 is 0 Å². The van der Waals surface area contributed by atoms with Crippen molar-refractivity contribution in [1.29, 1.82) is 0 Å². The molecule has 18 heavy (non-hydrogen) atoms. The van der Waals surface area contributed by atoms with E-state index in [0.717, 1.165) is 19.3 Å². The number of sulfone groups is 1. The first-order chi connectivity index (χ1) is 8.55. The molecule has 2 rings (SSSR count). The molecule has 0 unspecified atom stereocenters. The number of hydrogen-bond donors (Lipinski definition) is 0. The summed E-state index contributed by atoms with van der Waals surface area (Å²) in [5.74, 6) is 0. The summed E-state index contributed by atoms with van der Waals surface area (Å²) in [6.45, 7) is 1.87. The molecule has 1 aliphatic rings. The van der Waals surface area contributed by atoms with Crippen LogP contribution in [-0.4, -0.2) is 18.8 Å². The van der Waals surface area contributed by atoms with Gasteiger partial charge in [0.25, 0.3) is 0 Å². The SMILES string of the molecule is CCc1ccc(S(=O)(=O)C2CCCCC2)[n+]([O-])n1. The van der Waals surface area contributed by atoms with Crippen LogP contribution in [0, 0.1) is 5.21 Å². The van der Waals surface area contributed by atoms with Crippen LogP contribution in [0.5, 0.6) is 0 Å². The van der Waals surface area contributed by atoms with E-state index in [1.54, 1.807) is 6.07 Å². The number of hydrogen-bond acceptors (Lipinski definition) is 4. The van der Waals surface area contributed by atoms with Crippen LogP contribution in [0.4, 0.5) is 0 Å². The van der Waals surface area contributed by atoms with E-state index in [1.165, 1.54) is 6.07 Å². The molecule has 1 aromatic rings. The van der Waals surface area contributed by atoms with Crippen molar-refractivity contribution in [3.63, 3.8) is 0 Å². The fourth-order valence-electron chi connectivity index (χ4n) is 2.37. The van der Waals surface area contributed by atoms with E-state index in [1.807, 2.05) is 6.92 Å². The zero-order valence-corrected chi connectivity index (χ0v) is 11.3. The lowest BCUT2D eigenvalue weighted by Gasteiger charge is -2.20. The molecule has 0 bridgehead atoms. The van der Waals surface area contributed by atoms with E-state index in [-0.39, 0.29) is 9.87 Å². The Morgan fingerprint density at radius 1 is 1.33 bits per heavy atom. The molecule has 6 heteroatoms. The van der Waals surface area contributed by atoms with E-state index in [9.17, 15) is 13.6 Å². The standard InChI is InChI=1S/C12H18N2O3S/c1-2-10-8-9-12(14(15)13-10)18(16,17)11-6-4-3-5-7-11/h8-9,11H,2-7H2,1H3. The molecule has 1 saturated carbocycles. The average molecular weight is 270 g/mol. The number of rotatable bonds is 3. The molecule has 1 heterocycles. The van der Waals surface area contributed by atoms with Gasteiger partial charge in [-0.15, -0.1) is 0 Å². The minimum Gasteiger partial charge on any atom is -0.593 e. The van der Waals surface area contributed by atoms with Gasteiger partial charge >= 0.3 is 5.03 Å². The van der Waals surface area contributed by atoms with Crippen LogP contribution in [0.25, 0.3) is 0 Å². The van der Waals surface area contributed by atoms with Crippen LogP contribution in [0.2, 0.25) is 0 Å². The Kier molecular flexibility index (Phi) is 3.85. The number of aromatic nitrogens is 2. The minimum absolute atomic E-state index is 0.202. The van der Waals surface area contributed by atoms with E-state index in [4.69, 9.17) is 0 Å². The topological polar surface area (TPSA) is 74.0 Å². The summed E-state index contributed by atoms with van der Waals surface area (Å²) in [7, 11) is -3.53. The van der Waals surface area contributed by atoms with Gasteiger partial charge in [-0.25, -0.2) is 8.42 Å². The maximum atomic E-state index is 12.3. The zero-order chi connectivity index (χ0) is 13.2. The minimum atomic E-state index is -3.53. The summed E-state index contributed by atoms with van der Waals surface area (Å²) in [6.07, 6.45) is 4.84. The predicted octanol–water partition coefficient (Wildman–Crippen LogP) is 1.38. The summed E-state index contributed by atoms with van der Waals surface area (Å²) in [6, 6.07) is 3.01. The fraction of sp³-hybridized carbons (Fsp3) is 0.667. The van der Waals surface area contributed by atoms with E-state index < -0.39 is 15.1 Å². The molecule has 100 valence electrons. The van der Waals surface area contributed by atoms with Crippen LogP contribution in [0.1, 0.15) is 44.7 Å². The highest BCUT2D eigenvalue weighted by molar-refractivity contribution is 7.91. The van der Waals surface area contributed by atoms with Gasteiger partial charge in [-0.2, -0.15) is 0 Å². The van der Waals surface area contributed by atoms with E-state index in [2.05, 4.69) is 5.10 Å². The quantitative estimate of drug-likeness (QED) is 0.614. The third kappa shape index (κ3) is 2.48. The van der Waals surface area contributed by atoms with Crippen molar-refractivity contribution in [1.82, 2.24) is 5.10 Å². The van der Waals surface area contributed by atoms with Gasteiger partial charge in [-0.05, 0) is 30.2 Å². The summed E-state index contributed by atoms with van der Waals surface area (Å²) < 4.78 is 24.7. The van der Waals surface area contributed by atoms with Crippen LogP contribution in [-0.2, 0) is 16.3 Å². The molecular formula is C12H18N2O3S. The molecule has 0 spiro atoms. The lowest BCUT2D eigenvalue weighted by atomic mass is 10.0. The molecule has 1 fully saturated rings. The van der Waals surface area contributed by atoms with E-state index in [0.29, 0.717) is 25.0 Å². The molecule has 0 aliphatic heterocycles. The second-order valence-corrected chi connectivity index (χ2v) is 6.87. The van der Waals surface area contributed by atoms with Gasteiger partial charge in [-0.1, -0.05) is 26.2 Å². The smallest absolute Gasteiger partial charge is 0.335 e. The van der Waals surface area contributed by atoms with Crippen LogP contribution < -0.4 is 4.85 Å². The highest BCUT2D eigenvalue weighted by atomic mass is 32.2. The largest absolute Gasteiger partial charge is 0.593 e. The summed E-state index contributed by atoms with van der Waals surface area (Å²) in [5.41, 5.74) is 0.604. The summed E-state index contributed by atoms with van der Waals surface area (Å²) in [4.78, 5) is 0.267. The molecule has 1 aliphatic carbocycles. The molecule has 1 aromatic heterocycles. The van der Waals surface area contributed by atoms with Gasteiger partial charge in [0, 0.05) is 11.2 Å². The third-order valence-corrected chi connectivity index (χ3v) is 5.70. The zero-order valence-electron chi connectivity index (χ0n) is 10.5. The van der Waals surface area contributed by atoms with Gasteiger partial charge in [0.1, 0.15) is 5.69 Å². The van der Waals surface area contributed by atoms with Crippen molar-refractivity contribution in [2.75, 3.05) is 0 Å². The first-order valence-corrected chi connectivity index (χ1v) is 7.94. The maximum Gasteiger partial charge on any atom is 0.335 e. The molecule has 0 saturated heterocycles. The van der Waals surface area contributed by atoms with Crippen molar-refractivity contribution in [2.24, 2.45) is 0 Å². The second kappa shape index (κ2) is 5.22. The Hall–Kier alpha value is -1.17. The summed E-state index contributed by atoms with van der Waals surface area (Å²) >= 11 is 0. The third-order valence-electron chi connectivity index (χ3n) is 3.47. The Morgan fingerprint density at radius 3 is 2.56 bits per heavy atom. The summed E-state index contributed by atoms with van der Waals surface area (Å²) in [5, 5.41) is 14.8. The predicted molar refractivity (Wildman–Crippen MR) is 66.6 cm³/mol. The van der Waals surface area contributed by atoms with Crippen molar-refractivity contribution >= 4 is 9.84 Å². The Balaban J connectivity index is 2.34. The van der Waals surface area contributed by atoms with E-state index >= 15 is 0 Å². The van der Waals surface area contributed by atoms with Crippen molar-refractivity contribution in [3.8, 4) is 0 Å². The van der Waals surface area contributed by atoms with Gasteiger partial charge in [0.15, 0.2) is 0 Å². The molecule has 5 nitrogen and oxygen atoms in total. The highest BCUT2D eigenvalue weighted by Crippen LogP contribution is 2.27. The lowest BCUT2D eigenvalue weighted by molar-refractivity contribution is -0.708. The Morgan fingerprint density at radius 2 is 2.00 bits per heavy atom. The van der Waals surface area contributed by atoms with Gasteiger partial charge < -0.3 is 5.21 Å². The molecule has 0 atom stereocenters. The fourth-order valence-corrected chi connectivity index (χ4v) is 4.18. The second-order valence-electron chi connectivity index (χ2n) is 4.69. The van der Waals surface area contributed by atoms with Crippen molar-refractivity contribution < 1.29 is 13.3 Å². The maximum absolute atomic E-state index is 12.3. The van der Waals surface area contributed by atoms with Crippen LogP contribution in [0.15, 0.2) is 17.2 Å². The lowest BCUT2D eigenvalue weighted by Crippen LogP contribution is -2.41. The first-order valence-electron chi connectivity index (χ1n) is 6.39. The monoisotopic (exact) mass is 270 g/mol. The van der Waals surface area contributed by atoms with Crippen molar-refractivity contribution in [2.45, 2.75) is 55.7 Å². The molecule has 0 aromatic carbocycles. The first kappa shape index (κ1) is 13.3. The normalized spacial score (nSPS) is 17.8.